The van der Waals surface area contributed by atoms with Gasteiger partial charge in [-0.25, -0.2) is 0 Å². The Labute approximate surface area is 166 Å². The zero-order valence-corrected chi connectivity index (χ0v) is 17.1. The fourth-order valence-electron chi connectivity index (χ4n) is 2.66. The first-order valence-electron chi connectivity index (χ1n) is 9.17. The third kappa shape index (κ3) is 5.74. The molecule has 0 radical (unpaired) electrons. The molecule has 0 aliphatic rings. The van der Waals surface area contributed by atoms with Crippen LogP contribution in [0.1, 0.15) is 25.0 Å². The molecule has 0 saturated carbocycles. The number of anilines is 1. The van der Waals surface area contributed by atoms with Crippen molar-refractivity contribution in [2.24, 2.45) is 5.41 Å². The molecule has 2 aromatic carbocycles. The van der Waals surface area contributed by atoms with E-state index >= 15 is 0 Å². The van der Waals surface area contributed by atoms with E-state index in [1.165, 1.54) is 0 Å². The van der Waals surface area contributed by atoms with Gasteiger partial charge in [-0.1, -0.05) is 6.07 Å². The maximum Gasteiger partial charge on any atom is 0.239 e. The minimum Gasteiger partial charge on any atom is -0.497 e. The van der Waals surface area contributed by atoms with Crippen LogP contribution in [-0.2, 0) is 9.59 Å². The number of hydrogen-bond acceptors (Lipinski definition) is 4. The van der Waals surface area contributed by atoms with E-state index in [1.54, 1.807) is 45.2 Å². The van der Waals surface area contributed by atoms with Gasteiger partial charge < -0.3 is 20.1 Å². The molecule has 2 aromatic rings. The van der Waals surface area contributed by atoms with Gasteiger partial charge in [-0.3, -0.25) is 9.59 Å². The van der Waals surface area contributed by atoms with E-state index in [0.29, 0.717) is 24.6 Å². The molecule has 2 rings (SSSR count). The SMILES string of the molecule is COc1ccc(OCCNC(=O)C(C)(C)C(=O)Nc2cc(C)cc(C)c2)cc1. The summed E-state index contributed by atoms with van der Waals surface area (Å²) in [6.45, 7) is 7.72. The number of hydrogen-bond donors (Lipinski definition) is 2. The zero-order chi connectivity index (χ0) is 20.7. The van der Waals surface area contributed by atoms with Crippen LogP contribution in [0.5, 0.6) is 11.5 Å². The molecule has 0 bridgehead atoms. The van der Waals surface area contributed by atoms with Gasteiger partial charge in [-0.15, -0.1) is 0 Å². The van der Waals surface area contributed by atoms with Crippen molar-refractivity contribution in [3.05, 3.63) is 53.6 Å². The fraction of sp³-hybridized carbons (Fsp3) is 0.364. The minimum absolute atomic E-state index is 0.297. The summed E-state index contributed by atoms with van der Waals surface area (Å²) in [5.74, 6) is 0.720. The number of aryl methyl sites for hydroxylation is 2. The van der Waals surface area contributed by atoms with E-state index in [1.807, 2.05) is 32.0 Å². The van der Waals surface area contributed by atoms with Crippen LogP contribution in [0.4, 0.5) is 5.69 Å². The van der Waals surface area contributed by atoms with E-state index < -0.39 is 5.41 Å². The Bertz CT molecular complexity index is 809. The van der Waals surface area contributed by atoms with Crippen molar-refractivity contribution in [3.63, 3.8) is 0 Å². The molecule has 0 aliphatic carbocycles. The molecule has 0 unspecified atom stereocenters. The van der Waals surface area contributed by atoms with Crippen LogP contribution in [0.25, 0.3) is 0 Å². The van der Waals surface area contributed by atoms with Crippen molar-refractivity contribution in [1.82, 2.24) is 5.32 Å². The van der Waals surface area contributed by atoms with Gasteiger partial charge in [0.25, 0.3) is 0 Å². The normalized spacial score (nSPS) is 10.9. The molecule has 0 aromatic heterocycles. The number of ether oxygens (including phenoxy) is 2. The van der Waals surface area contributed by atoms with Gasteiger partial charge in [0, 0.05) is 5.69 Å². The molecule has 2 amide bonds. The summed E-state index contributed by atoms with van der Waals surface area (Å²) in [4.78, 5) is 25.1. The van der Waals surface area contributed by atoms with Gasteiger partial charge in [0.05, 0.1) is 13.7 Å². The summed E-state index contributed by atoms with van der Waals surface area (Å²) < 4.78 is 10.7. The number of methoxy groups -OCH3 is 1. The van der Waals surface area contributed by atoms with Crippen molar-refractivity contribution < 1.29 is 19.1 Å². The van der Waals surface area contributed by atoms with E-state index in [-0.39, 0.29) is 11.8 Å². The van der Waals surface area contributed by atoms with Crippen molar-refractivity contribution in [2.75, 3.05) is 25.6 Å². The van der Waals surface area contributed by atoms with Gasteiger partial charge in [0.15, 0.2) is 0 Å². The summed E-state index contributed by atoms with van der Waals surface area (Å²) in [6.07, 6.45) is 0. The maximum atomic E-state index is 12.6. The quantitative estimate of drug-likeness (QED) is 0.540. The lowest BCUT2D eigenvalue weighted by molar-refractivity contribution is -0.138. The Morgan fingerprint density at radius 3 is 2.07 bits per heavy atom. The number of benzene rings is 2. The van der Waals surface area contributed by atoms with Crippen molar-refractivity contribution >= 4 is 17.5 Å². The molecule has 0 saturated heterocycles. The Kier molecular flexibility index (Phi) is 7.04. The second kappa shape index (κ2) is 9.26. The number of carbonyl (C=O) groups excluding carboxylic acids is 2. The van der Waals surface area contributed by atoms with Crippen LogP contribution in [0.15, 0.2) is 42.5 Å². The molecule has 28 heavy (non-hydrogen) atoms. The van der Waals surface area contributed by atoms with Gasteiger partial charge in [-0.2, -0.15) is 0 Å². The standard InChI is InChI=1S/C22H28N2O4/c1-15-12-16(2)14-17(13-15)24-21(26)22(3,4)20(25)23-10-11-28-19-8-6-18(27-5)7-9-19/h6-9,12-14H,10-11H2,1-5H3,(H,23,25)(H,24,26). The number of carbonyl (C=O) groups is 2. The molecule has 0 spiro atoms. The van der Waals surface area contributed by atoms with E-state index in [2.05, 4.69) is 10.6 Å². The summed E-state index contributed by atoms with van der Waals surface area (Å²) in [5.41, 5.74) is 1.57. The molecular formula is C22H28N2O4. The highest BCUT2D eigenvalue weighted by molar-refractivity contribution is 6.09. The van der Waals surface area contributed by atoms with Crippen LogP contribution in [0, 0.1) is 19.3 Å². The van der Waals surface area contributed by atoms with Gasteiger partial charge in [-0.05, 0) is 75.2 Å². The summed E-state index contributed by atoms with van der Waals surface area (Å²) in [6, 6.07) is 13.0. The summed E-state index contributed by atoms with van der Waals surface area (Å²) in [7, 11) is 1.60. The molecule has 150 valence electrons. The predicted molar refractivity (Wildman–Crippen MR) is 110 cm³/mol. The summed E-state index contributed by atoms with van der Waals surface area (Å²) >= 11 is 0. The van der Waals surface area contributed by atoms with Crippen molar-refractivity contribution in [1.29, 1.82) is 0 Å². The molecule has 6 heteroatoms. The predicted octanol–water partition coefficient (Wildman–Crippen LogP) is 3.47. The average Bonchev–Trinajstić information content (AvgIpc) is 2.64. The number of amides is 2. The van der Waals surface area contributed by atoms with Gasteiger partial charge in [0.2, 0.25) is 11.8 Å². The van der Waals surface area contributed by atoms with Crippen LogP contribution in [0.3, 0.4) is 0 Å². The molecule has 0 heterocycles. The Balaban J connectivity index is 1.84. The smallest absolute Gasteiger partial charge is 0.239 e. The molecule has 0 atom stereocenters. The third-order valence-corrected chi connectivity index (χ3v) is 4.33. The highest BCUT2D eigenvalue weighted by Gasteiger charge is 2.35. The highest BCUT2D eigenvalue weighted by atomic mass is 16.5. The fourth-order valence-corrected chi connectivity index (χ4v) is 2.66. The lowest BCUT2D eigenvalue weighted by Crippen LogP contribution is -2.46. The van der Waals surface area contributed by atoms with Crippen molar-refractivity contribution in [2.45, 2.75) is 27.7 Å². The maximum absolute atomic E-state index is 12.6. The number of rotatable bonds is 8. The van der Waals surface area contributed by atoms with Crippen LogP contribution < -0.4 is 20.1 Å². The minimum atomic E-state index is -1.21. The molecule has 0 aliphatic heterocycles. The van der Waals surface area contributed by atoms with E-state index in [0.717, 1.165) is 16.9 Å². The first-order chi connectivity index (χ1) is 13.2. The molecule has 2 N–H and O–H groups in total. The van der Waals surface area contributed by atoms with Crippen LogP contribution in [-0.4, -0.2) is 32.1 Å². The summed E-state index contributed by atoms with van der Waals surface area (Å²) in [5, 5.41) is 5.58. The van der Waals surface area contributed by atoms with Crippen LogP contribution in [0.2, 0.25) is 0 Å². The second-order valence-corrected chi connectivity index (χ2v) is 7.24. The Morgan fingerprint density at radius 1 is 0.929 bits per heavy atom. The first-order valence-corrected chi connectivity index (χ1v) is 9.17. The molecular weight excluding hydrogens is 356 g/mol. The lowest BCUT2D eigenvalue weighted by Gasteiger charge is -2.23. The Hall–Kier alpha value is -3.02. The molecule has 6 nitrogen and oxygen atoms in total. The van der Waals surface area contributed by atoms with Gasteiger partial charge >= 0.3 is 0 Å². The highest BCUT2D eigenvalue weighted by Crippen LogP contribution is 2.21. The average molecular weight is 384 g/mol. The van der Waals surface area contributed by atoms with Crippen molar-refractivity contribution in [3.8, 4) is 11.5 Å². The monoisotopic (exact) mass is 384 g/mol. The largest absolute Gasteiger partial charge is 0.497 e. The second-order valence-electron chi connectivity index (χ2n) is 7.24. The first kappa shape index (κ1) is 21.3. The third-order valence-electron chi connectivity index (χ3n) is 4.33. The zero-order valence-electron chi connectivity index (χ0n) is 17.1. The van der Waals surface area contributed by atoms with E-state index in [9.17, 15) is 9.59 Å². The lowest BCUT2D eigenvalue weighted by atomic mass is 9.91. The number of nitrogens with one attached hydrogen (secondary N) is 2. The topological polar surface area (TPSA) is 76.7 Å². The van der Waals surface area contributed by atoms with E-state index in [4.69, 9.17) is 9.47 Å². The molecule has 0 fully saturated rings. The van der Waals surface area contributed by atoms with Gasteiger partial charge in [0.1, 0.15) is 23.5 Å². The Morgan fingerprint density at radius 2 is 1.50 bits per heavy atom. The van der Waals surface area contributed by atoms with Crippen LogP contribution >= 0.6 is 0 Å².